The lowest BCUT2D eigenvalue weighted by Crippen LogP contribution is -1.92. The molecule has 2 heterocycles. The Morgan fingerprint density at radius 1 is 0.833 bits per heavy atom. The average molecular weight is 202 g/mol. The third kappa shape index (κ3) is 2.59. The van der Waals surface area contributed by atoms with Gasteiger partial charge in [0.1, 0.15) is 0 Å². The first-order chi connectivity index (χ1) is 5.77. The topological polar surface area (TPSA) is 0 Å². The van der Waals surface area contributed by atoms with Gasteiger partial charge >= 0.3 is 0 Å². The molecule has 0 aliphatic carbocycles. The molecule has 0 N–H and O–H groups in total. The highest BCUT2D eigenvalue weighted by molar-refractivity contribution is 8.07. The molecule has 0 bridgehead atoms. The van der Waals surface area contributed by atoms with Crippen LogP contribution in [0, 0.1) is 0 Å². The summed E-state index contributed by atoms with van der Waals surface area (Å²) in [4.78, 5) is 0. The average Bonchev–Trinajstić information content (AvgIpc) is 2.88. The van der Waals surface area contributed by atoms with E-state index in [1.165, 1.54) is 25.7 Å². The molecule has 2 aliphatic rings. The molecule has 2 fully saturated rings. The van der Waals surface area contributed by atoms with Gasteiger partial charge in [-0.25, -0.2) is 0 Å². The quantitative estimate of drug-likeness (QED) is 0.494. The first-order valence-electron chi connectivity index (χ1n) is 5.08. The zero-order valence-electron chi connectivity index (χ0n) is 7.95. The molecule has 0 aromatic heterocycles. The molecule has 0 amide bonds. The predicted octanol–water partition coefficient (Wildman–Crippen LogP) is 3.55. The van der Waals surface area contributed by atoms with E-state index in [1.54, 1.807) is 0 Å². The molecule has 4 unspecified atom stereocenters. The van der Waals surface area contributed by atoms with Crippen LogP contribution in [-0.2, 0) is 0 Å². The fourth-order valence-electron chi connectivity index (χ4n) is 1.76. The van der Waals surface area contributed by atoms with Crippen molar-refractivity contribution in [1.82, 2.24) is 0 Å². The van der Waals surface area contributed by atoms with Crippen molar-refractivity contribution in [1.29, 1.82) is 0 Å². The molecular formula is C10H18S2. The largest absolute Gasteiger partial charge is 0.153 e. The van der Waals surface area contributed by atoms with E-state index in [9.17, 15) is 0 Å². The number of rotatable bonds is 5. The Bertz CT molecular complexity index is 140. The van der Waals surface area contributed by atoms with Crippen LogP contribution in [0.5, 0.6) is 0 Å². The summed E-state index contributed by atoms with van der Waals surface area (Å²) in [5, 5.41) is 4.04. The summed E-state index contributed by atoms with van der Waals surface area (Å²) in [6, 6.07) is 0. The summed E-state index contributed by atoms with van der Waals surface area (Å²) in [7, 11) is 0. The second-order valence-corrected chi connectivity index (χ2v) is 7.29. The summed E-state index contributed by atoms with van der Waals surface area (Å²) in [6.07, 6.45) is 5.92. The number of thioether (sulfide) groups is 2. The van der Waals surface area contributed by atoms with Crippen LogP contribution in [0.15, 0.2) is 0 Å². The van der Waals surface area contributed by atoms with Crippen LogP contribution in [0.2, 0.25) is 0 Å². The van der Waals surface area contributed by atoms with E-state index >= 15 is 0 Å². The van der Waals surface area contributed by atoms with Crippen molar-refractivity contribution in [2.24, 2.45) is 0 Å². The second kappa shape index (κ2) is 3.83. The maximum atomic E-state index is 2.36. The standard InChI is InChI=1S/C10H18S2/c1-7-9(11-7)5-3-4-6-10-8(2)12-10/h7-10H,3-6H2,1-2H3. The minimum absolute atomic E-state index is 0.985. The molecule has 0 saturated carbocycles. The first kappa shape index (κ1) is 9.26. The molecule has 0 radical (unpaired) electrons. The molecule has 2 aliphatic heterocycles. The number of unbranched alkanes of at least 4 members (excludes halogenated alkanes) is 1. The summed E-state index contributed by atoms with van der Waals surface area (Å²) >= 11 is 4.32. The fourth-order valence-corrected chi connectivity index (χ4v) is 3.56. The van der Waals surface area contributed by atoms with Gasteiger partial charge in [-0.05, 0) is 12.8 Å². The highest BCUT2D eigenvalue weighted by atomic mass is 32.2. The summed E-state index contributed by atoms with van der Waals surface area (Å²) in [5.41, 5.74) is 0. The van der Waals surface area contributed by atoms with Gasteiger partial charge in [-0.2, -0.15) is 23.5 Å². The zero-order valence-corrected chi connectivity index (χ0v) is 9.59. The van der Waals surface area contributed by atoms with Gasteiger partial charge in [-0.1, -0.05) is 26.7 Å². The van der Waals surface area contributed by atoms with Crippen molar-refractivity contribution in [2.45, 2.75) is 60.5 Å². The molecule has 2 saturated heterocycles. The monoisotopic (exact) mass is 202 g/mol. The Morgan fingerprint density at radius 2 is 1.17 bits per heavy atom. The van der Waals surface area contributed by atoms with Crippen molar-refractivity contribution in [3.8, 4) is 0 Å². The molecule has 4 atom stereocenters. The number of hydrogen-bond acceptors (Lipinski definition) is 2. The van der Waals surface area contributed by atoms with Crippen LogP contribution >= 0.6 is 23.5 Å². The Balaban J connectivity index is 1.42. The molecular weight excluding hydrogens is 184 g/mol. The van der Waals surface area contributed by atoms with E-state index in [0.717, 1.165) is 21.0 Å². The van der Waals surface area contributed by atoms with E-state index in [4.69, 9.17) is 0 Å². The maximum Gasteiger partial charge on any atom is 0.0167 e. The Kier molecular flexibility index (Phi) is 2.96. The van der Waals surface area contributed by atoms with E-state index in [-0.39, 0.29) is 0 Å². The molecule has 0 nitrogen and oxygen atoms in total. The van der Waals surface area contributed by atoms with Crippen molar-refractivity contribution >= 4 is 23.5 Å². The van der Waals surface area contributed by atoms with Gasteiger partial charge in [0.05, 0.1) is 0 Å². The molecule has 70 valence electrons. The second-order valence-electron chi connectivity index (χ2n) is 4.04. The summed E-state index contributed by atoms with van der Waals surface area (Å²) in [6.45, 7) is 4.71. The smallest absolute Gasteiger partial charge is 0.0167 e. The Hall–Kier alpha value is 0.700. The lowest BCUT2D eigenvalue weighted by atomic mass is 10.1. The van der Waals surface area contributed by atoms with Gasteiger partial charge < -0.3 is 0 Å². The van der Waals surface area contributed by atoms with Gasteiger partial charge in [0, 0.05) is 21.0 Å². The molecule has 12 heavy (non-hydrogen) atoms. The lowest BCUT2D eigenvalue weighted by Gasteiger charge is -1.96. The normalized spacial score (nSPS) is 44.5. The van der Waals surface area contributed by atoms with Crippen molar-refractivity contribution in [3.05, 3.63) is 0 Å². The van der Waals surface area contributed by atoms with E-state index in [0.29, 0.717) is 0 Å². The third-order valence-corrected chi connectivity index (χ3v) is 5.77. The van der Waals surface area contributed by atoms with E-state index < -0.39 is 0 Å². The molecule has 0 aromatic rings. The SMILES string of the molecule is CC1SC1CCCCC1SC1C. The fraction of sp³-hybridized carbons (Fsp3) is 1.00. The van der Waals surface area contributed by atoms with E-state index in [1.807, 2.05) is 0 Å². The van der Waals surface area contributed by atoms with Crippen LogP contribution in [0.4, 0.5) is 0 Å². The molecule has 2 heteroatoms. The third-order valence-electron chi connectivity index (χ3n) is 2.90. The molecule has 2 rings (SSSR count). The minimum atomic E-state index is 0.985. The summed E-state index contributed by atoms with van der Waals surface area (Å²) < 4.78 is 0. The number of hydrogen-bond donors (Lipinski definition) is 0. The van der Waals surface area contributed by atoms with Gasteiger partial charge in [-0.15, -0.1) is 0 Å². The Labute approximate surface area is 84.3 Å². The highest BCUT2D eigenvalue weighted by Crippen LogP contribution is 2.46. The molecule has 0 aromatic carbocycles. The van der Waals surface area contributed by atoms with Gasteiger partial charge in [0.25, 0.3) is 0 Å². The minimum Gasteiger partial charge on any atom is -0.153 e. The maximum absolute atomic E-state index is 2.36. The summed E-state index contributed by atoms with van der Waals surface area (Å²) in [5.74, 6) is 0. The van der Waals surface area contributed by atoms with Crippen LogP contribution in [0.1, 0.15) is 39.5 Å². The predicted molar refractivity (Wildman–Crippen MR) is 60.2 cm³/mol. The van der Waals surface area contributed by atoms with Crippen LogP contribution < -0.4 is 0 Å². The Morgan fingerprint density at radius 3 is 1.42 bits per heavy atom. The molecule has 0 spiro atoms. The van der Waals surface area contributed by atoms with Crippen molar-refractivity contribution in [2.75, 3.05) is 0 Å². The van der Waals surface area contributed by atoms with Gasteiger partial charge in [0.15, 0.2) is 0 Å². The first-order valence-corrected chi connectivity index (χ1v) is 6.97. The van der Waals surface area contributed by atoms with Crippen LogP contribution in [0.25, 0.3) is 0 Å². The zero-order chi connectivity index (χ0) is 8.55. The van der Waals surface area contributed by atoms with Gasteiger partial charge in [0.2, 0.25) is 0 Å². The van der Waals surface area contributed by atoms with Gasteiger partial charge in [-0.3, -0.25) is 0 Å². The van der Waals surface area contributed by atoms with Crippen LogP contribution in [-0.4, -0.2) is 21.0 Å². The van der Waals surface area contributed by atoms with Crippen LogP contribution in [0.3, 0.4) is 0 Å². The lowest BCUT2D eigenvalue weighted by molar-refractivity contribution is 0.642. The van der Waals surface area contributed by atoms with Crippen molar-refractivity contribution in [3.63, 3.8) is 0 Å². The highest BCUT2D eigenvalue weighted by Gasteiger charge is 2.34. The van der Waals surface area contributed by atoms with Crippen molar-refractivity contribution < 1.29 is 0 Å². The van der Waals surface area contributed by atoms with E-state index in [2.05, 4.69) is 37.4 Å².